The minimum atomic E-state index is -4.70. The van der Waals surface area contributed by atoms with E-state index in [1.165, 1.54) is 13.0 Å². The fourth-order valence-electron chi connectivity index (χ4n) is 10.6. The van der Waals surface area contributed by atoms with Crippen LogP contribution in [0.25, 0.3) is 55.7 Å². The van der Waals surface area contributed by atoms with Gasteiger partial charge in [0.25, 0.3) is 0 Å². The van der Waals surface area contributed by atoms with E-state index < -0.39 is 46.9 Å². The lowest BCUT2D eigenvalue weighted by Gasteiger charge is -2.28. The number of halogens is 12. The molecule has 0 spiro atoms. The van der Waals surface area contributed by atoms with Crippen LogP contribution in [0, 0.1) is 82.1 Å². The third kappa shape index (κ3) is 11.9. The van der Waals surface area contributed by atoms with Crippen LogP contribution in [0.1, 0.15) is 73.9 Å². The van der Waals surface area contributed by atoms with Crippen LogP contribution in [0.3, 0.4) is 0 Å². The maximum Gasteiger partial charge on any atom is 0.417 e. The quantitative estimate of drug-likeness (QED) is 0.115. The number of alkyl halides is 6. The zero-order valence-corrected chi connectivity index (χ0v) is 46.4. The molecule has 2 aliphatic heterocycles. The molecular formula is C60H53ClF11N11. The Morgan fingerprint density at radius 1 is 0.566 bits per heavy atom. The minimum Gasteiger partial charge on any atom is -0.361 e. The number of aromatic amines is 2. The lowest BCUT2D eigenvalue weighted by Crippen LogP contribution is -2.32. The van der Waals surface area contributed by atoms with E-state index in [2.05, 4.69) is 57.3 Å². The minimum absolute atomic E-state index is 0. The Balaban J connectivity index is 0.000000178. The molecule has 10 aromatic rings. The van der Waals surface area contributed by atoms with E-state index in [1.807, 2.05) is 68.9 Å². The molecule has 432 valence electrons. The van der Waals surface area contributed by atoms with E-state index in [0.717, 1.165) is 96.8 Å². The number of pyridine rings is 2. The van der Waals surface area contributed by atoms with Crippen molar-refractivity contribution < 1.29 is 48.3 Å². The Hall–Kier alpha value is -8.55. The van der Waals surface area contributed by atoms with Crippen LogP contribution in [0.4, 0.5) is 54.1 Å². The summed E-state index contributed by atoms with van der Waals surface area (Å²) < 4.78 is 149. The summed E-state index contributed by atoms with van der Waals surface area (Å²) in [6.45, 7) is 15.3. The van der Waals surface area contributed by atoms with Crippen LogP contribution in [0.5, 0.6) is 0 Å². The van der Waals surface area contributed by atoms with Gasteiger partial charge in [0.1, 0.15) is 11.6 Å². The molecule has 0 aliphatic carbocycles. The monoisotopic (exact) mass is 1170 g/mol. The number of aryl methyl sites for hydroxylation is 6. The summed E-state index contributed by atoms with van der Waals surface area (Å²) in [6.07, 6.45) is -3.66. The van der Waals surface area contributed by atoms with E-state index in [1.54, 1.807) is 27.9 Å². The Bertz CT molecular complexity index is 4050. The Morgan fingerprint density at radius 3 is 1.47 bits per heavy atom. The molecule has 83 heavy (non-hydrogen) atoms. The van der Waals surface area contributed by atoms with Crippen molar-refractivity contribution in [1.82, 2.24) is 44.8 Å². The number of hydrogen-bond donors (Lipinski definition) is 3. The number of nitrogens with one attached hydrogen (secondary N) is 3. The molecule has 0 saturated heterocycles. The highest BCUT2D eigenvalue weighted by Gasteiger charge is 2.36. The summed E-state index contributed by atoms with van der Waals surface area (Å²) in [5.74, 6) is -5.02. The van der Waals surface area contributed by atoms with Gasteiger partial charge in [-0.25, -0.2) is 36.9 Å². The normalized spacial score (nSPS) is 13.0. The lowest BCUT2D eigenvalue weighted by atomic mass is 9.96. The zero-order valence-electron chi connectivity index (χ0n) is 45.6. The molecule has 8 heterocycles. The van der Waals surface area contributed by atoms with Gasteiger partial charge in [-0.2, -0.15) is 46.2 Å². The molecule has 11 nitrogen and oxygen atoms in total. The van der Waals surface area contributed by atoms with Crippen LogP contribution in [-0.2, 0) is 38.3 Å². The van der Waals surface area contributed by atoms with Gasteiger partial charge in [-0.05, 0) is 111 Å². The molecule has 4 aromatic carbocycles. The molecule has 3 N–H and O–H groups in total. The van der Waals surface area contributed by atoms with Gasteiger partial charge in [0.2, 0.25) is 5.95 Å². The van der Waals surface area contributed by atoms with Crippen molar-refractivity contribution in [3.63, 3.8) is 0 Å². The molecule has 0 saturated carbocycles. The van der Waals surface area contributed by atoms with Gasteiger partial charge < -0.3 is 20.2 Å². The predicted molar refractivity (Wildman–Crippen MR) is 297 cm³/mol. The van der Waals surface area contributed by atoms with Gasteiger partial charge in [0, 0.05) is 115 Å². The first kappa shape index (κ1) is 60.5. The van der Waals surface area contributed by atoms with Crippen LogP contribution in [0.2, 0.25) is 0 Å². The van der Waals surface area contributed by atoms with Crippen LogP contribution < -0.4 is 10.2 Å². The molecule has 0 radical (unpaired) electrons. The van der Waals surface area contributed by atoms with E-state index in [9.17, 15) is 39.5 Å². The van der Waals surface area contributed by atoms with Gasteiger partial charge in [0.15, 0.2) is 17.5 Å². The maximum atomic E-state index is 15.9. The third-order valence-electron chi connectivity index (χ3n) is 14.3. The molecule has 12 rings (SSSR count). The molecular weight excluding hydrogens is 1120 g/mol. The van der Waals surface area contributed by atoms with Gasteiger partial charge in [-0.15, -0.1) is 12.4 Å². The molecule has 0 unspecified atom stereocenters. The van der Waals surface area contributed by atoms with Crippen LogP contribution in [0.15, 0.2) is 97.6 Å². The molecule has 0 bridgehead atoms. The second-order valence-corrected chi connectivity index (χ2v) is 19.8. The van der Waals surface area contributed by atoms with Gasteiger partial charge in [-0.3, -0.25) is 0 Å². The second kappa shape index (κ2) is 24.1. The summed E-state index contributed by atoms with van der Waals surface area (Å²) in [7, 11) is 0. The van der Waals surface area contributed by atoms with Crippen molar-refractivity contribution in [3.8, 4) is 40.0 Å². The van der Waals surface area contributed by atoms with Crippen LogP contribution >= 0.6 is 12.4 Å². The smallest absolute Gasteiger partial charge is 0.361 e. The number of para-hydroxylation sites is 2. The highest BCUT2D eigenvalue weighted by atomic mass is 35.5. The first-order valence-electron chi connectivity index (χ1n) is 25.7. The van der Waals surface area contributed by atoms with Crippen molar-refractivity contribution in [3.05, 3.63) is 194 Å². The number of aromatic nitrogens is 8. The number of rotatable bonds is 5. The van der Waals surface area contributed by atoms with Crippen molar-refractivity contribution >= 4 is 40.0 Å². The number of H-pyrrole nitrogens is 2. The molecule has 0 atom stereocenters. The first-order valence-corrected chi connectivity index (χ1v) is 25.7. The summed E-state index contributed by atoms with van der Waals surface area (Å²) in [6, 6.07) is 21.2. The number of nitriles is 1. The van der Waals surface area contributed by atoms with Gasteiger partial charge in [0.05, 0.1) is 51.3 Å². The second-order valence-electron chi connectivity index (χ2n) is 19.8. The fraction of sp³-hybridized carbons (Fsp3) is 0.250. The van der Waals surface area contributed by atoms with E-state index in [4.69, 9.17) is 15.5 Å². The number of nitrogens with zero attached hydrogens (tertiary/aromatic N) is 8. The van der Waals surface area contributed by atoms with Crippen LogP contribution in [-0.4, -0.2) is 52.6 Å². The Labute approximate surface area is 475 Å². The summed E-state index contributed by atoms with van der Waals surface area (Å²) in [5.41, 5.74) is 12.9. The van der Waals surface area contributed by atoms with Gasteiger partial charge >= 0.3 is 12.4 Å². The summed E-state index contributed by atoms with van der Waals surface area (Å²) in [5, 5.41) is 22.2. The largest absolute Gasteiger partial charge is 0.417 e. The summed E-state index contributed by atoms with van der Waals surface area (Å²) in [4.78, 5) is 14.4. The van der Waals surface area contributed by atoms with Gasteiger partial charge in [-0.1, -0.05) is 36.4 Å². The predicted octanol–water partition coefficient (Wildman–Crippen LogP) is 15.3. The summed E-state index contributed by atoms with van der Waals surface area (Å²) >= 11 is 0. The standard InChI is InChI=1S/C29H24F5N5.C23H23FN4.C6H2F5N.C2H3N.ClH/c1-15-5-4-6-16(2)26(15)39-27(24-19-7-9-35-25(19)17(3)11-21(24)30)20-14-38(10-8-23(20)37-39)28-22(31)12-18(13-36-28)29(32,33)34;1-13-5-4-6-14(2)22(13)28-23(17-12-25-9-8-19(17)27-28)20-16-7-10-26-21(16)15(3)11-18(20)24;7-4-1-3(6(9,10)11)2-12-5(4)8;1-2-3;/h4-7,9,11-13,35H,8,10,14H2,1-3H3;4-7,10-11,25-26H,8-9,12H2,1-3H3;1-2H;1H3;1H. The van der Waals surface area contributed by atoms with E-state index in [-0.39, 0.29) is 42.9 Å². The maximum absolute atomic E-state index is 15.9. The average molecular weight is 1170 g/mol. The van der Waals surface area contributed by atoms with Crippen molar-refractivity contribution in [2.75, 3.05) is 18.0 Å². The Kier molecular flexibility index (Phi) is 17.6. The third-order valence-corrected chi connectivity index (χ3v) is 14.3. The number of hydrogen-bond acceptors (Lipinski definition) is 7. The van der Waals surface area contributed by atoms with Crippen molar-refractivity contribution in [2.24, 2.45) is 0 Å². The molecule has 2 aliphatic rings. The number of anilines is 1. The fourth-order valence-corrected chi connectivity index (χ4v) is 10.6. The molecule has 23 heteroatoms. The van der Waals surface area contributed by atoms with E-state index >= 15 is 8.78 Å². The first-order chi connectivity index (χ1) is 38.9. The zero-order chi connectivity index (χ0) is 59.1. The van der Waals surface area contributed by atoms with Crippen molar-refractivity contribution in [1.29, 1.82) is 5.26 Å². The Morgan fingerprint density at radius 2 is 1.01 bits per heavy atom. The average Bonchev–Trinajstić information content (AvgIpc) is 3.10. The SMILES string of the molecule is CC#N.Cc1cccc(C)c1-n1nc2c(c1-c1c(F)cc(C)c3[nH]ccc13)CN(c1ncc(C(F)(F)F)cc1F)CC2.Cc1cccc(C)c1-n1nc2c(c1-c1c(F)cc(C)c3[nH]ccc13)CNCC2.Cl.Fc1cc(C(F)(F)F)cnc1F. The molecule has 0 amide bonds. The number of benzene rings is 4. The highest BCUT2D eigenvalue weighted by molar-refractivity contribution is 5.99. The van der Waals surface area contributed by atoms with Crippen molar-refractivity contribution in [2.45, 2.75) is 86.7 Å². The number of fused-ring (bicyclic) bond motifs is 4. The topological polar surface area (TPSA) is 132 Å². The molecule has 0 fully saturated rings. The van der Waals surface area contributed by atoms with E-state index in [0.29, 0.717) is 59.5 Å². The lowest BCUT2D eigenvalue weighted by molar-refractivity contribution is -0.138. The highest BCUT2D eigenvalue weighted by Crippen LogP contribution is 2.43. The molecule has 6 aromatic heterocycles.